The average Bonchev–Trinajstić information content (AvgIpc) is 2.31. The number of benzene rings is 2. The van der Waals surface area contributed by atoms with E-state index in [1.165, 1.54) is 12.1 Å². The Hall–Kier alpha value is -1.38. The highest BCUT2D eigenvalue weighted by Crippen LogP contribution is 2.28. The second-order valence-electron chi connectivity index (χ2n) is 4.94. The van der Waals surface area contributed by atoms with Crippen molar-refractivity contribution < 1.29 is 4.39 Å². The number of hydrogen-bond acceptors (Lipinski definition) is 1. The molecule has 0 bridgehead atoms. The predicted molar refractivity (Wildman–Crippen MR) is 78.1 cm³/mol. The number of rotatable bonds is 2. The van der Waals surface area contributed by atoms with Gasteiger partial charge in [-0.15, -0.1) is 0 Å². The molecule has 0 aliphatic rings. The summed E-state index contributed by atoms with van der Waals surface area (Å²) in [6.45, 7) is 5.71. The largest absolute Gasteiger partial charge is 0.320 e. The van der Waals surface area contributed by atoms with Gasteiger partial charge in [0.1, 0.15) is 5.82 Å². The van der Waals surface area contributed by atoms with Crippen molar-refractivity contribution in [1.29, 1.82) is 0 Å². The fourth-order valence-corrected chi connectivity index (χ4v) is 2.56. The topological polar surface area (TPSA) is 26.0 Å². The maximum absolute atomic E-state index is 13.3. The first-order valence-corrected chi connectivity index (χ1v) is 6.56. The summed E-state index contributed by atoms with van der Waals surface area (Å²) < 4.78 is 13.3. The first-order valence-electron chi connectivity index (χ1n) is 6.18. The molecule has 0 heterocycles. The van der Waals surface area contributed by atoms with E-state index in [1.54, 1.807) is 0 Å². The maximum atomic E-state index is 13.3. The van der Waals surface area contributed by atoms with Gasteiger partial charge in [-0.1, -0.05) is 23.7 Å². The Balaban J connectivity index is 2.49. The third-order valence-corrected chi connectivity index (χ3v) is 3.83. The number of nitrogens with two attached hydrogens (primary N) is 1. The standard InChI is InChI=1S/C16H17ClFN/c1-9-6-12(4-5-14(9)17)16(19)15-10(2)7-13(18)8-11(15)3/h4-8,16H,19H2,1-3H3. The van der Waals surface area contributed by atoms with Crippen LogP contribution in [0.1, 0.15) is 33.9 Å². The molecule has 0 fully saturated rings. The van der Waals surface area contributed by atoms with Gasteiger partial charge in [-0.3, -0.25) is 0 Å². The summed E-state index contributed by atoms with van der Waals surface area (Å²) in [5, 5.41) is 0.725. The third-order valence-electron chi connectivity index (χ3n) is 3.41. The van der Waals surface area contributed by atoms with Crippen LogP contribution in [0.15, 0.2) is 30.3 Å². The van der Waals surface area contributed by atoms with E-state index in [0.29, 0.717) is 0 Å². The Morgan fingerprint density at radius 3 is 2.11 bits per heavy atom. The molecule has 100 valence electrons. The average molecular weight is 278 g/mol. The summed E-state index contributed by atoms with van der Waals surface area (Å²) in [5.41, 5.74) is 11.0. The Bertz CT molecular complexity index is 599. The summed E-state index contributed by atoms with van der Waals surface area (Å²) in [6.07, 6.45) is 0. The Morgan fingerprint density at radius 1 is 1.00 bits per heavy atom. The monoisotopic (exact) mass is 277 g/mol. The van der Waals surface area contributed by atoms with Crippen molar-refractivity contribution >= 4 is 11.6 Å². The van der Waals surface area contributed by atoms with E-state index in [1.807, 2.05) is 39.0 Å². The molecule has 0 aliphatic carbocycles. The quantitative estimate of drug-likeness (QED) is 0.862. The van der Waals surface area contributed by atoms with Gasteiger partial charge in [-0.05, 0) is 66.8 Å². The molecule has 0 radical (unpaired) electrons. The van der Waals surface area contributed by atoms with Gasteiger partial charge in [0.2, 0.25) is 0 Å². The van der Waals surface area contributed by atoms with Crippen molar-refractivity contribution in [3.8, 4) is 0 Å². The summed E-state index contributed by atoms with van der Waals surface area (Å²) in [4.78, 5) is 0. The van der Waals surface area contributed by atoms with Crippen LogP contribution in [-0.2, 0) is 0 Å². The summed E-state index contributed by atoms with van der Waals surface area (Å²) >= 11 is 6.02. The predicted octanol–water partition coefficient (Wildman–Crippen LogP) is 4.45. The Kier molecular flexibility index (Phi) is 3.93. The van der Waals surface area contributed by atoms with E-state index >= 15 is 0 Å². The molecular weight excluding hydrogens is 261 g/mol. The minimum absolute atomic E-state index is 0.224. The van der Waals surface area contributed by atoms with E-state index in [2.05, 4.69) is 0 Å². The van der Waals surface area contributed by atoms with E-state index < -0.39 is 0 Å². The molecule has 1 atom stereocenters. The Labute approximate surface area is 118 Å². The van der Waals surface area contributed by atoms with E-state index in [9.17, 15) is 4.39 Å². The van der Waals surface area contributed by atoms with Gasteiger partial charge >= 0.3 is 0 Å². The van der Waals surface area contributed by atoms with Crippen LogP contribution < -0.4 is 5.73 Å². The molecule has 19 heavy (non-hydrogen) atoms. The normalized spacial score (nSPS) is 12.5. The van der Waals surface area contributed by atoms with Crippen LogP contribution in [0.25, 0.3) is 0 Å². The molecule has 0 spiro atoms. The smallest absolute Gasteiger partial charge is 0.123 e. The zero-order chi connectivity index (χ0) is 14.2. The molecule has 2 aromatic rings. The molecule has 0 aromatic heterocycles. The number of aryl methyl sites for hydroxylation is 3. The van der Waals surface area contributed by atoms with E-state index in [-0.39, 0.29) is 11.9 Å². The van der Waals surface area contributed by atoms with E-state index in [4.69, 9.17) is 17.3 Å². The van der Waals surface area contributed by atoms with Crippen molar-refractivity contribution in [3.63, 3.8) is 0 Å². The molecular formula is C16H17ClFN. The summed E-state index contributed by atoms with van der Waals surface area (Å²) in [7, 11) is 0. The highest BCUT2D eigenvalue weighted by molar-refractivity contribution is 6.31. The van der Waals surface area contributed by atoms with Gasteiger partial charge in [-0.25, -0.2) is 4.39 Å². The van der Waals surface area contributed by atoms with Gasteiger partial charge in [0, 0.05) is 5.02 Å². The first kappa shape index (κ1) is 14.0. The van der Waals surface area contributed by atoms with Crippen LogP contribution in [0.3, 0.4) is 0 Å². The van der Waals surface area contributed by atoms with Crippen LogP contribution in [0, 0.1) is 26.6 Å². The van der Waals surface area contributed by atoms with Gasteiger partial charge in [-0.2, -0.15) is 0 Å². The molecule has 0 aliphatic heterocycles. The lowest BCUT2D eigenvalue weighted by atomic mass is 9.91. The van der Waals surface area contributed by atoms with Crippen molar-refractivity contribution in [2.45, 2.75) is 26.8 Å². The minimum Gasteiger partial charge on any atom is -0.320 e. The van der Waals surface area contributed by atoms with Gasteiger partial charge < -0.3 is 5.73 Å². The third kappa shape index (κ3) is 2.80. The summed E-state index contributed by atoms with van der Waals surface area (Å²) in [6, 6.07) is 8.52. The number of halogens is 2. The lowest BCUT2D eigenvalue weighted by Crippen LogP contribution is -2.15. The van der Waals surface area contributed by atoms with Crippen molar-refractivity contribution in [2.24, 2.45) is 5.73 Å². The molecule has 0 saturated heterocycles. The van der Waals surface area contributed by atoms with Crippen LogP contribution in [-0.4, -0.2) is 0 Å². The molecule has 0 saturated carbocycles. The second kappa shape index (κ2) is 5.32. The van der Waals surface area contributed by atoms with Crippen LogP contribution >= 0.6 is 11.6 Å². The molecule has 1 nitrogen and oxygen atoms in total. The summed E-state index contributed by atoms with van der Waals surface area (Å²) in [5.74, 6) is -0.224. The Morgan fingerprint density at radius 2 is 1.58 bits per heavy atom. The second-order valence-corrected chi connectivity index (χ2v) is 5.35. The van der Waals surface area contributed by atoms with Crippen molar-refractivity contribution in [2.75, 3.05) is 0 Å². The zero-order valence-electron chi connectivity index (χ0n) is 11.3. The molecule has 3 heteroatoms. The minimum atomic E-state index is -0.267. The van der Waals surface area contributed by atoms with Crippen LogP contribution in [0.4, 0.5) is 4.39 Å². The SMILES string of the molecule is Cc1cc(C(N)c2c(C)cc(F)cc2C)ccc1Cl. The molecule has 2 aromatic carbocycles. The van der Waals surface area contributed by atoms with Gasteiger partial charge in [0.05, 0.1) is 6.04 Å². The van der Waals surface area contributed by atoms with E-state index in [0.717, 1.165) is 32.8 Å². The van der Waals surface area contributed by atoms with Crippen LogP contribution in [0.5, 0.6) is 0 Å². The first-order chi connectivity index (χ1) is 8.90. The van der Waals surface area contributed by atoms with Gasteiger partial charge in [0.25, 0.3) is 0 Å². The fourth-order valence-electron chi connectivity index (χ4n) is 2.44. The van der Waals surface area contributed by atoms with Crippen molar-refractivity contribution in [3.05, 3.63) is 69.0 Å². The van der Waals surface area contributed by atoms with Gasteiger partial charge in [0.15, 0.2) is 0 Å². The lowest BCUT2D eigenvalue weighted by Gasteiger charge is -2.19. The fraction of sp³-hybridized carbons (Fsp3) is 0.250. The van der Waals surface area contributed by atoms with Crippen LogP contribution in [0.2, 0.25) is 5.02 Å². The van der Waals surface area contributed by atoms with Crippen molar-refractivity contribution in [1.82, 2.24) is 0 Å². The molecule has 1 unspecified atom stereocenters. The zero-order valence-corrected chi connectivity index (χ0v) is 12.1. The molecule has 2 rings (SSSR count). The number of hydrogen-bond donors (Lipinski definition) is 1. The highest BCUT2D eigenvalue weighted by Gasteiger charge is 2.15. The highest BCUT2D eigenvalue weighted by atomic mass is 35.5. The molecule has 2 N–H and O–H groups in total. The lowest BCUT2D eigenvalue weighted by molar-refractivity contribution is 0.623. The molecule has 0 amide bonds. The maximum Gasteiger partial charge on any atom is 0.123 e.